The predicted octanol–water partition coefficient (Wildman–Crippen LogP) is 2.21. The Balaban J connectivity index is 1.36. The number of nitrogens with one attached hydrogen (secondary N) is 1. The number of likely N-dealkylation sites (tertiary alicyclic amines) is 1. The lowest BCUT2D eigenvalue weighted by Gasteiger charge is -2.22. The molecule has 2 aromatic rings. The van der Waals surface area contributed by atoms with Crippen molar-refractivity contribution in [1.29, 1.82) is 0 Å². The number of guanidine groups is 1. The van der Waals surface area contributed by atoms with Crippen LogP contribution in [0.5, 0.6) is 5.75 Å². The zero-order valence-electron chi connectivity index (χ0n) is 18.1. The van der Waals surface area contributed by atoms with Crippen molar-refractivity contribution < 1.29 is 14.3 Å². The number of carbonyl (C=O) groups is 1. The normalized spacial score (nSPS) is 16.4. The second-order valence-electron chi connectivity index (χ2n) is 7.72. The van der Waals surface area contributed by atoms with Gasteiger partial charge in [-0.3, -0.25) is 9.79 Å². The highest BCUT2D eigenvalue weighted by Crippen LogP contribution is 2.17. The molecule has 1 saturated heterocycles. The summed E-state index contributed by atoms with van der Waals surface area (Å²) in [5.74, 6) is 1.62. The third-order valence-electron chi connectivity index (χ3n) is 5.26. The first-order chi connectivity index (χ1) is 15.1. The Kier molecular flexibility index (Phi) is 8.72. The van der Waals surface area contributed by atoms with Crippen molar-refractivity contribution >= 4 is 11.9 Å². The summed E-state index contributed by atoms with van der Waals surface area (Å²) in [6.45, 7) is 4.07. The maximum atomic E-state index is 10.8. The Hall–Kier alpha value is -3.06. The van der Waals surface area contributed by atoms with Gasteiger partial charge in [0.2, 0.25) is 0 Å². The highest BCUT2D eigenvalue weighted by Gasteiger charge is 2.24. The summed E-state index contributed by atoms with van der Waals surface area (Å²) >= 11 is 0. The minimum atomic E-state index is -0.480. The Morgan fingerprint density at radius 3 is 2.65 bits per heavy atom. The summed E-state index contributed by atoms with van der Waals surface area (Å²) in [6, 6.07) is 18.0. The molecule has 0 aliphatic carbocycles. The fourth-order valence-electron chi connectivity index (χ4n) is 3.64. The van der Waals surface area contributed by atoms with E-state index in [0.29, 0.717) is 18.3 Å². The van der Waals surface area contributed by atoms with E-state index in [-0.39, 0.29) is 6.61 Å². The van der Waals surface area contributed by atoms with E-state index in [1.54, 1.807) is 0 Å². The van der Waals surface area contributed by atoms with E-state index in [1.807, 2.05) is 49.5 Å². The summed E-state index contributed by atoms with van der Waals surface area (Å²) < 4.78 is 11.2. The molecule has 31 heavy (non-hydrogen) atoms. The van der Waals surface area contributed by atoms with Gasteiger partial charge in [-0.05, 0) is 36.1 Å². The first-order valence-electron chi connectivity index (χ1n) is 10.7. The van der Waals surface area contributed by atoms with E-state index in [2.05, 4.69) is 27.3 Å². The summed E-state index contributed by atoms with van der Waals surface area (Å²) in [6.07, 6.45) is 1.98. The summed E-state index contributed by atoms with van der Waals surface area (Å²) in [5, 5.41) is 3.46. The number of amides is 1. The third-order valence-corrected chi connectivity index (χ3v) is 5.26. The number of primary amides is 1. The predicted molar refractivity (Wildman–Crippen MR) is 122 cm³/mol. The van der Waals surface area contributed by atoms with Crippen molar-refractivity contribution in [2.45, 2.75) is 19.4 Å². The van der Waals surface area contributed by atoms with Crippen molar-refractivity contribution in [2.24, 2.45) is 16.6 Å². The van der Waals surface area contributed by atoms with Crippen LogP contribution in [0.25, 0.3) is 0 Å². The zero-order chi connectivity index (χ0) is 21.9. The van der Waals surface area contributed by atoms with Crippen LogP contribution >= 0.6 is 0 Å². The van der Waals surface area contributed by atoms with Crippen LogP contribution in [0.15, 0.2) is 59.6 Å². The van der Waals surface area contributed by atoms with Gasteiger partial charge in [0.05, 0.1) is 13.2 Å². The van der Waals surface area contributed by atoms with E-state index < -0.39 is 5.91 Å². The maximum Gasteiger partial charge on any atom is 0.255 e. The van der Waals surface area contributed by atoms with Crippen molar-refractivity contribution in [3.8, 4) is 5.75 Å². The molecular weight excluding hydrogens is 392 g/mol. The van der Waals surface area contributed by atoms with Crippen LogP contribution < -0.4 is 15.8 Å². The minimum absolute atomic E-state index is 0.106. The second-order valence-corrected chi connectivity index (χ2v) is 7.72. The van der Waals surface area contributed by atoms with Crippen molar-refractivity contribution in [2.75, 3.05) is 39.9 Å². The molecule has 2 aromatic carbocycles. The molecule has 0 saturated carbocycles. The Morgan fingerprint density at radius 1 is 1.16 bits per heavy atom. The Morgan fingerprint density at radius 2 is 1.94 bits per heavy atom. The van der Waals surface area contributed by atoms with Crippen LogP contribution in [0.4, 0.5) is 0 Å². The molecule has 0 radical (unpaired) electrons. The van der Waals surface area contributed by atoms with Crippen molar-refractivity contribution in [1.82, 2.24) is 10.2 Å². The first-order valence-corrected chi connectivity index (χ1v) is 10.7. The largest absolute Gasteiger partial charge is 0.484 e. The van der Waals surface area contributed by atoms with Gasteiger partial charge in [0.25, 0.3) is 5.91 Å². The standard InChI is InChI=1S/C24H32N4O3/c1-26-24(27-13-11-19-7-9-22(10-8-19)31-18-23(25)29)28-14-12-21(15-28)17-30-16-20-5-3-2-4-6-20/h2-10,21H,11-18H2,1H3,(H2,25,29)(H,26,27). The van der Waals surface area contributed by atoms with E-state index in [4.69, 9.17) is 15.2 Å². The van der Waals surface area contributed by atoms with Crippen LogP contribution in [-0.2, 0) is 22.6 Å². The molecule has 1 aliphatic rings. The molecule has 3 N–H and O–H groups in total. The van der Waals surface area contributed by atoms with Gasteiger partial charge in [-0.15, -0.1) is 0 Å². The molecule has 7 nitrogen and oxygen atoms in total. The van der Waals surface area contributed by atoms with Gasteiger partial charge >= 0.3 is 0 Å². The van der Waals surface area contributed by atoms with Crippen molar-refractivity contribution in [3.63, 3.8) is 0 Å². The van der Waals surface area contributed by atoms with Crippen LogP contribution in [0.2, 0.25) is 0 Å². The monoisotopic (exact) mass is 424 g/mol. The second kappa shape index (κ2) is 12.0. The fourth-order valence-corrected chi connectivity index (χ4v) is 3.64. The molecule has 1 fully saturated rings. The SMILES string of the molecule is CN=C(NCCc1ccc(OCC(N)=O)cc1)N1CCC(COCc2ccccc2)C1. The zero-order valence-corrected chi connectivity index (χ0v) is 18.1. The maximum absolute atomic E-state index is 10.8. The molecule has 166 valence electrons. The summed E-state index contributed by atoms with van der Waals surface area (Å²) in [5.41, 5.74) is 7.49. The molecule has 7 heteroatoms. The van der Waals surface area contributed by atoms with Gasteiger partial charge < -0.3 is 25.4 Å². The number of hydrogen-bond donors (Lipinski definition) is 2. The number of hydrogen-bond acceptors (Lipinski definition) is 4. The van der Waals surface area contributed by atoms with Gasteiger partial charge in [-0.25, -0.2) is 0 Å². The van der Waals surface area contributed by atoms with Gasteiger partial charge in [-0.2, -0.15) is 0 Å². The number of carbonyl (C=O) groups excluding carboxylic acids is 1. The van der Waals surface area contributed by atoms with Crippen molar-refractivity contribution in [3.05, 3.63) is 65.7 Å². The topological polar surface area (TPSA) is 89.2 Å². The number of nitrogens with two attached hydrogens (primary N) is 1. The fraction of sp³-hybridized carbons (Fsp3) is 0.417. The van der Waals surface area contributed by atoms with E-state index >= 15 is 0 Å². The average Bonchev–Trinajstić information content (AvgIpc) is 3.25. The quantitative estimate of drug-likeness (QED) is 0.451. The molecule has 3 rings (SSSR count). The molecule has 1 aliphatic heterocycles. The van der Waals surface area contributed by atoms with Crippen LogP contribution in [0.1, 0.15) is 17.5 Å². The number of aliphatic imine (C=N–C) groups is 1. The molecule has 0 bridgehead atoms. The number of rotatable bonds is 10. The van der Waals surface area contributed by atoms with Crippen LogP contribution in [-0.4, -0.2) is 56.7 Å². The van der Waals surface area contributed by atoms with Gasteiger partial charge in [-0.1, -0.05) is 42.5 Å². The summed E-state index contributed by atoms with van der Waals surface area (Å²) in [7, 11) is 1.83. The number of ether oxygens (including phenoxy) is 2. The molecule has 1 heterocycles. The highest BCUT2D eigenvalue weighted by atomic mass is 16.5. The lowest BCUT2D eigenvalue weighted by molar-refractivity contribution is -0.119. The first kappa shape index (κ1) is 22.6. The third kappa shape index (κ3) is 7.61. The number of nitrogens with zero attached hydrogens (tertiary/aromatic N) is 2. The molecule has 0 spiro atoms. The van der Waals surface area contributed by atoms with Gasteiger partial charge in [0.15, 0.2) is 12.6 Å². The molecule has 1 unspecified atom stereocenters. The van der Waals surface area contributed by atoms with Gasteiger partial charge in [0, 0.05) is 32.6 Å². The molecule has 0 aromatic heterocycles. The Bertz CT molecular complexity index is 840. The van der Waals surface area contributed by atoms with E-state index in [1.165, 1.54) is 11.1 Å². The molecule has 1 amide bonds. The number of benzene rings is 2. The molecule has 1 atom stereocenters. The lowest BCUT2D eigenvalue weighted by atomic mass is 10.1. The van der Waals surface area contributed by atoms with Crippen LogP contribution in [0.3, 0.4) is 0 Å². The summed E-state index contributed by atoms with van der Waals surface area (Å²) in [4.78, 5) is 17.5. The average molecular weight is 425 g/mol. The Labute approximate surface area is 184 Å². The lowest BCUT2D eigenvalue weighted by Crippen LogP contribution is -2.41. The smallest absolute Gasteiger partial charge is 0.255 e. The van der Waals surface area contributed by atoms with Crippen LogP contribution in [0, 0.1) is 5.92 Å². The minimum Gasteiger partial charge on any atom is -0.484 e. The van der Waals surface area contributed by atoms with Gasteiger partial charge in [0.1, 0.15) is 5.75 Å². The highest BCUT2D eigenvalue weighted by molar-refractivity contribution is 5.80. The van der Waals surface area contributed by atoms with E-state index in [0.717, 1.165) is 45.0 Å². The van der Waals surface area contributed by atoms with E-state index in [9.17, 15) is 4.79 Å². The molecular formula is C24H32N4O3.